The van der Waals surface area contributed by atoms with E-state index in [0.29, 0.717) is 13.0 Å². The minimum atomic E-state index is -4.65. The van der Waals surface area contributed by atoms with Crippen LogP contribution in [-0.4, -0.2) is 34.2 Å². The van der Waals surface area contributed by atoms with Gasteiger partial charge in [-0.1, -0.05) is 39.3 Å². The monoisotopic (exact) mass is 571 g/mol. The molecule has 1 saturated heterocycles. The number of benzene rings is 2. The predicted molar refractivity (Wildman–Crippen MR) is 131 cm³/mol. The molecule has 3 N–H and O–H groups in total. The molecular weight excluding hydrogens is 551 g/mol. The van der Waals surface area contributed by atoms with E-state index in [1.54, 1.807) is 17.1 Å². The zero-order valence-electron chi connectivity index (χ0n) is 19.2. The number of halogens is 5. The predicted octanol–water partition coefficient (Wildman–Crippen LogP) is 6.06. The third-order valence-electron chi connectivity index (χ3n) is 5.31. The van der Waals surface area contributed by atoms with Crippen LogP contribution in [0.3, 0.4) is 0 Å². The van der Waals surface area contributed by atoms with Crippen LogP contribution in [0.1, 0.15) is 35.9 Å². The third kappa shape index (κ3) is 6.34. The molecule has 35 heavy (non-hydrogen) atoms. The Morgan fingerprint density at radius 2 is 2.17 bits per heavy atom. The Hall–Kier alpha value is -3.05. The molecule has 1 atom stereocenters. The van der Waals surface area contributed by atoms with Crippen LogP contribution in [-0.2, 0) is 6.18 Å². The van der Waals surface area contributed by atoms with Gasteiger partial charge in [-0.15, -0.1) is 12.4 Å². The summed E-state index contributed by atoms with van der Waals surface area (Å²) in [7, 11) is 0. The molecular formula is C23H22BrClF3N5O2. The van der Waals surface area contributed by atoms with Crippen molar-refractivity contribution in [2.75, 3.05) is 13.2 Å². The summed E-state index contributed by atoms with van der Waals surface area (Å²) < 4.78 is 60.1. The van der Waals surface area contributed by atoms with Gasteiger partial charge in [-0.3, -0.25) is 5.40 Å². The van der Waals surface area contributed by atoms with Crippen LogP contribution < -0.4 is 10.5 Å². The van der Waals surface area contributed by atoms with E-state index >= 15 is 0 Å². The van der Waals surface area contributed by atoms with Crippen molar-refractivity contribution in [3.05, 3.63) is 70.0 Å². The molecule has 0 aliphatic carbocycles. The minimum Gasteiger partial charge on any atom is -0.489 e. The maximum atomic E-state index is 13.8. The number of aromatic nitrogens is 2. The average Bonchev–Trinajstić information content (AvgIpc) is 3.50. The normalized spacial score (nSPS) is 16.9. The van der Waals surface area contributed by atoms with Crippen LogP contribution in [0.25, 0.3) is 17.5 Å². The van der Waals surface area contributed by atoms with Gasteiger partial charge in [0.05, 0.1) is 5.56 Å². The highest BCUT2D eigenvalue weighted by atomic mass is 79.9. The van der Waals surface area contributed by atoms with E-state index in [2.05, 4.69) is 31.5 Å². The molecule has 0 spiro atoms. The zero-order chi connectivity index (χ0) is 25.0. The molecule has 7 nitrogen and oxygen atoms in total. The summed E-state index contributed by atoms with van der Waals surface area (Å²) in [5.74, 6) is -0.0668. The van der Waals surface area contributed by atoms with Crippen molar-refractivity contribution in [2.45, 2.75) is 25.1 Å². The lowest BCUT2D eigenvalue weighted by Gasteiger charge is -2.21. The third-order valence-corrected chi connectivity index (χ3v) is 5.80. The Morgan fingerprint density at radius 3 is 2.91 bits per heavy atom. The SMILES string of the molecule is Cl.[H]/N=C(\N)N1CCC[C@H]1c1nc(-c2ccc(OCC=Cc3cccc(Br)c3)c(C(F)(F)F)c2)no1. The number of likely N-dealkylation sites (tertiary alicyclic amines) is 1. The van der Waals surface area contributed by atoms with Gasteiger partial charge >= 0.3 is 6.18 Å². The molecule has 0 unspecified atom stereocenters. The van der Waals surface area contributed by atoms with Crippen LogP contribution in [0.4, 0.5) is 13.2 Å². The van der Waals surface area contributed by atoms with Crippen molar-refractivity contribution < 1.29 is 23.8 Å². The summed E-state index contributed by atoms with van der Waals surface area (Å²) in [6.07, 6.45) is 0.177. The van der Waals surface area contributed by atoms with Crippen LogP contribution >= 0.6 is 28.3 Å². The number of nitrogens with zero attached hydrogens (tertiary/aromatic N) is 3. The van der Waals surface area contributed by atoms with Crippen molar-refractivity contribution >= 4 is 40.4 Å². The fraction of sp³-hybridized carbons (Fsp3) is 0.261. The van der Waals surface area contributed by atoms with Gasteiger partial charge in [-0.05, 0) is 54.8 Å². The molecule has 2 aromatic carbocycles. The maximum Gasteiger partial charge on any atom is 0.419 e. The van der Waals surface area contributed by atoms with Gasteiger partial charge in [0.1, 0.15) is 18.4 Å². The second kappa shape index (κ2) is 11.1. The van der Waals surface area contributed by atoms with Crippen molar-refractivity contribution in [3.63, 3.8) is 0 Å². The Balaban J connectivity index is 0.00000361. The Bertz CT molecular complexity index is 1250. The average molecular weight is 573 g/mol. The van der Waals surface area contributed by atoms with E-state index < -0.39 is 11.7 Å². The molecule has 4 rings (SSSR count). The van der Waals surface area contributed by atoms with Crippen molar-refractivity contribution in [1.29, 1.82) is 5.40 Å². The van der Waals surface area contributed by atoms with Crippen molar-refractivity contribution in [1.82, 2.24) is 15.0 Å². The number of rotatable bonds is 6. The quantitative estimate of drug-likeness (QED) is 0.275. The number of guanidine groups is 1. The van der Waals surface area contributed by atoms with Crippen LogP contribution in [0.5, 0.6) is 5.75 Å². The highest BCUT2D eigenvalue weighted by molar-refractivity contribution is 9.10. The topological polar surface area (TPSA) is 101 Å². The van der Waals surface area contributed by atoms with Gasteiger partial charge in [0.25, 0.3) is 0 Å². The van der Waals surface area contributed by atoms with Gasteiger partial charge < -0.3 is 19.9 Å². The Kier molecular flexibility index (Phi) is 7.97. The first-order valence-electron chi connectivity index (χ1n) is 10.9. The van der Waals surface area contributed by atoms with Gasteiger partial charge in [-0.2, -0.15) is 18.2 Å². The van der Waals surface area contributed by atoms with Crippen LogP contribution in [0.15, 0.2) is 57.5 Å². The summed E-state index contributed by atoms with van der Waals surface area (Å²) in [4.78, 5) is 5.94. The molecule has 0 amide bonds. The first-order chi connectivity index (χ1) is 16.8. The Labute approximate surface area is 215 Å². The molecule has 1 aromatic heterocycles. The molecule has 12 heteroatoms. The lowest BCUT2D eigenvalue weighted by Crippen LogP contribution is -2.35. The molecule has 1 fully saturated rings. The van der Waals surface area contributed by atoms with E-state index in [1.165, 1.54) is 12.1 Å². The standard InChI is InChI=1S/C23H21BrF3N5O2.ClH/c24-16-6-1-4-14(12-16)5-3-11-33-19-9-8-15(13-17(19)23(25,26)27)20-30-21(34-31-20)18-7-2-10-32(18)22(28)29;/h1,3-6,8-9,12-13,18H,2,7,10-11H2,(H3,28,29);1H/t18-;/m0./s1. The highest BCUT2D eigenvalue weighted by Crippen LogP contribution is 2.39. The number of ether oxygens (including phenoxy) is 1. The fourth-order valence-electron chi connectivity index (χ4n) is 3.73. The summed E-state index contributed by atoms with van der Waals surface area (Å²) in [6.45, 7) is 0.522. The van der Waals surface area contributed by atoms with Crippen molar-refractivity contribution in [2.24, 2.45) is 5.73 Å². The lowest BCUT2D eigenvalue weighted by molar-refractivity contribution is -0.138. The molecule has 1 aliphatic heterocycles. The van der Waals surface area contributed by atoms with Gasteiger partial charge in [0.2, 0.25) is 11.7 Å². The van der Waals surface area contributed by atoms with Crippen molar-refractivity contribution in [3.8, 4) is 17.1 Å². The summed E-state index contributed by atoms with van der Waals surface area (Å²) in [6, 6.07) is 10.7. The van der Waals surface area contributed by atoms with E-state index in [0.717, 1.165) is 22.5 Å². The van der Waals surface area contributed by atoms with Gasteiger partial charge in [0, 0.05) is 16.6 Å². The number of nitrogens with two attached hydrogens (primary N) is 1. The molecule has 1 aliphatic rings. The summed E-state index contributed by atoms with van der Waals surface area (Å²) >= 11 is 3.37. The second-order valence-corrected chi connectivity index (χ2v) is 8.56. The van der Waals surface area contributed by atoms with E-state index in [1.807, 2.05) is 24.3 Å². The zero-order valence-corrected chi connectivity index (χ0v) is 20.6. The van der Waals surface area contributed by atoms with E-state index in [-0.39, 0.29) is 54.0 Å². The van der Waals surface area contributed by atoms with E-state index in [9.17, 15) is 13.2 Å². The molecule has 186 valence electrons. The molecule has 0 saturated carbocycles. The maximum absolute atomic E-state index is 13.8. The van der Waals surface area contributed by atoms with E-state index in [4.69, 9.17) is 16.4 Å². The minimum absolute atomic E-state index is 0. The molecule has 0 bridgehead atoms. The fourth-order valence-corrected chi connectivity index (χ4v) is 4.15. The smallest absolute Gasteiger partial charge is 0.419 e. The first kappa shape index (κ1) is 25.1. The number of nitrogens with one attached hydrogen (secondary N) is 1. The lowest BCUT2D eigenvalue weighted by atomic mass is 10.1. The number of hydrogen-bond acceptors (Lipinski definition) is 5. The number of hydrogen-bond donors (Lipinski definition) is 2. The summed E-state index contributed by atoms with van der Waals surface area (Å²) in [5.41, 5.74) is 5.83. The molecule has 3 aromatic rings. The first-order valence-corrected chi connectivity index (χ1v) is 11.2. The van der Waals surface area contributed by atoms with Gasteiger partial charge in [0.15, 0.2) is 7.37 Å². The van der Waals surface area contributed by atoms with Crippen LogP contribution in [0.2, 0.25) is 1.41 Å². The van der Waals surface area contributed by atoms with Crippen LogP contribution in [0, 0.1) is 5.40 Å². The molecule has 2 heterocycles. The Morgan fingerprint density at radius 1 is 1.34 bits per heavy atom. The highest BCUT2D eigenvalue weighted by Gasteiger charge is 2.36. The molecule has 0 radical (unpaired) electrons. The number of alkyl halides is 3. The largest absolute Gasteiger partial charge is 0.489 e. The second-order valence-electron chi connectivity index (χ2n) is 7.64. The summed E-state index contributed by atoms with van der Waals surface area (Å²) in [5, 5.41) is 7.10. The van der Waals surface area contributed by atoms with Gasteiger partial charge in [-0.25, -0.2) is 0 Å².